The van der Waals surface area contributed by atoms with Crippen LogP contribution in [0.4, 0.5) is 0 Å². The summed E-state index contributed by atoms with van der Waals surface area (Å²) in [7, 11) is -1.49. The molecule has 0 saturated carbocycles. The molecule has 0 radical (unpaired) electrons. The monoisotopic (exact) mass is 991 g/mol. The Labute approximate surface area is 442 Å². The molecule has 0 aromatic heterocycles. The van der Waals surface area contributed by atoms with Gasteiger partial charge in [0.15, 0.2) is 0 Å². The second-order valence-electron chi connectivity index (χ2n) is 20.4. The molecule has 8 aromatic carbocycles. The molecule has 0 aliphatic heterocycles. The summed E-state index contributed by atoms with van der Waals surface area (Å²) in [5.41, 5.74) is 13.9. The predicted molar refractivity (Wildman–Crippen MR) is 326 cm³/mol. The molecule has 0 nitrogen and oxygen atoms in total. The van der Waals surface area contributed by atoms with Crippen LogP contribution in [0.1, 0.15) is 148 Å². The quantitative estimate of drug-likeness (QED) is 0.0321. The van der Waals surface area contributed by atoms with Gasteiger partial charge in [0.2, 0.25) is 0 Å². The third kappa shape index (κ3) is 12.4. The molecule has 73 heavy (non-hydrogen) atoms. The Hall–Kier alpha value is -5.90. The van der Waals surface area contributed by atoms with Crippen LogP contribution in [0.5, 0.6) is 0 Å². The Bertz CT molecular complexity index is 2770. The Morgan fingerprint density at radius 2 is 0.630 bits per heavy atom. The van der Waals surface area contributed by atoms with E-state index in [1.165, 1.54) is 166 Å². The van der Waals surface area contributed by atoms with Gasteiger partial charge < -0.3 is 0 Å². The smallest absolute Gasteiger partial charge is 0.0215 e. The largest absolute Gasteiger partial charge is 0.0654 e. The maximum atomic E-state index is 2.63. The maximum absolute atomic E-state index is 2.63. The van der Waals surface area contributed by atoms with Crippen LogP contribution in [0.15, 0.2) is 194 Å². The highest BCUT2D eigenvalue weighted by atomic mass is 31.1. The summed E-state index contributed by atoms with van der Waals surface area (Å²) in [6.45, 7) is 9.40. The van der Waals surface area contributed by atoms with E-state index in [1.807, 2.05) is 0 Å². The topological polar surface area (TPSA) is 0 Å². The minimum absolute atomic E-state index is 0.00178. The van der Waals surface area contributed by atoms with Crippen LogP contribution in [0, 0.1) is 13.8 Å². The summed E-state index contributed by atoms with van der Waals surface area (Å²) in [5, 5.41) is 8.27. The number of benzene rings is 8. The lowest BCUT2D eigenvalue weighted by atomic mass is 9.70. The molecule has 0 atom stereocenters. The van der Waals surface area contributed by atoms with Crippen molar-refractivity contribution in [2.75, 3.05) is 0 Å². The Morgan fingerprint density at radius 3 is 0.986 bits per heavy atom. The van der Waals surface area contributed by atoms with E-state index >= 15 is 0 Å². The van der Waals surface area contributed by atoms with Gasteiger partial charge in [-0.05, 0) is 142 Å². The highest BCUT2D eigenvalue weighted by Crippen LogP contribution is 2.56. The Balaban J connectivity index is 1.14. The molecule has 0 unspecified atom stereocenters. The molecule has 9 rings (SSSR count). The van der Waals surface area contributed by atoms with Crippen molar-refractivity contribution in [2.45, 2.75) is 123 Å². The summed E-state index contributed by atoms with van der Waals surface area (Å²) in [5.74, 6) is 0. The molecule has 1 aliphatic rings. The fourth-order valence-electron chi connectivity index (χ4n) is 11.5. The van der Waals surface area contributed by atoms with Crippen LogP contribution in [-0.4, -0.2) is 0 Å². The van der Waals surface area contributed by atoms with Crippen LogP contribution in [0.3, 0.4) is 0 Å². The van der Waals surface area contributed by atoms with E-state index < -0.39 is 15.8 Å². The molecule has 0 N–H and O–H groups in total. The summed E-state index contributed by atoms with van der Waals surface area (Å²) >= 11 is 0. The second kappa shape index (κ2) is 25.9. The van der Waals surface area contributed by atoms with Crippen LogP contribution in [-0.2, 0) is 5.41 Å². The van der Waals surface area contributed by atoms with E-state index in [1.54, 1.807) is 11.1 Å². The van der Waals surface area contributed by atoms with Crippen LogP contribution in [0.25, 0.3) is 35.4 Å². The molecule has 0 spiro atoms. The zero-order chi connectivity index (χ0) is 50.2. The predicted octanol–water partition coefficient (Wildman–Crippen LogP) is 17.9. The number of fused-ring (bicyclic) bond motifs is 3. The van der Waals surface area contributed by atoms with E-state index in [9.17, 15) is 0 Å². The normalized spacial score (nSPS) is 12.8. The lowest BCUT2D eigenvalue weighted by Crippen LogP contribution is -2.26. The van der Waals surface area contributed by atoms with Gasteiger partial charge in [-0.3, -0.25) is 0 Å². The Kier molecular flexibility index (Phi) is 18.4. The van der Waals surface area contributed by atoms with Crippen LogP contribution < -0.4 is 31.8 Å². The van der Waals surface area contributed by atoms with E-state index in [0.717, 1.165) is 0 Å². The second-order valence-corrected chi connectivity index (χ2v) is 24.8. The van der Waals surface area contributed by atoms with Gasteiger partial charge in [-0.1, -0.05) is 297 Å². The SMILES string of the molecule is CCCCCCCCC1(CCCCCCCC)c2cc(C)c(/C=C/c3ccccc3P(c3ccccc3)c3ccccc3)cc2-c2cc(/C=C/c3ccccc3P(c3ccccc3)c3ccccc3)c(C)cc21. The zero-order valence-electron chi connectivity index (χ0n) is 44.1. The van der Waals surface area contributed by atoms with E-state index in [-0.39, 0.29) is 5.41 Å². The minimum atomic E-state index is -0.744. The van der Waals surface area contributed by atoms with Crippen molar-refractivity contribution in [3.8, 4) is 11.1 Å². The van der Waals surface area contributed by atoms with Crippen LogP contribution in [0.2, 0.25) is 0 Å². The maximum Gasteiger partial charge on any atom is 0.0215 e. The van der Waals surface area contributed by atoms with Gasteiger partial charge in [0.05, 0.1) is 0 Å². The standard InChI is InChI=1S/C71H76P2/c1-5-7-9-11-13-31-49-71(50-32-14-12-10-8-6-2)67-51-55(3)59(47-45-57-33-27-29-43-69(57)72(61-35-19-15-20-36-61)62-37-21-16-22-38-62)53-65(67)66-54-60(56(4)52-68(66)71)48-46-58-34-28-30-44-70(58)73(63-39-23-17-24-40-63)64-41-25-18-26-42-64/h15-30,33-48,51-54H,5-14,31-32,49-50H2,1-4H3/b47-45+,48-46+. The molecular formula is C71H76P2. The number of unbranched alkanes of at least 4 members (excludes halogenated alkanes) is 10. The van der Waals surface area contributed by atoms with Gasteiger partial charge >= 0.3 is 0 Å². The number of hydrogen-bond donors (Lipinski definition) is 0. The highest BCUT2D eigenvalue weighted by Gasteiger charge is 2.43. The fraction of sp³-hybridized carbons (Fsp3) is 0.268. The van der Waals surface area contributed by atoms with E-state index in [2.05, 4.69) is 246 Å². The first-order valence-electron chi connectivity index (χ1n) is 27.6. The first kappa shape index (κ1) is 52.0. The summed E-state index contributed by atoms with van der Waals surface area (Å²) in [6.07, 6.45) is 27.9. The molecule has 370 valence electrons. The van der Waals surface area contributed by atoms with Crippen molar-refractivity contribution in [2.24, 2.45) is 0 Å². The molecule has 0 amide bonds. The molecule has 2 heteroatoms. The van der Waals surface area contributed by atoms with E-state index in [0.29, 0.717) is 0 Å². The van der Waals surface area contributed by atoms with Crippen LogP contribution >= 0.6 is 15.8 Å². The fourth-order valence-corrected chi connectivity index (χ4v) is 16.3. The van der Waals surface area contributed by atoms with Crippen molar-refractivity contribution < 1.29 is 0 Å². The third-order valence-corrected chi connectivity index (χ3v) is 20.4. The van der Waals surface area contributed by atoms with Gasteiger partial charge in [-0.2, -0.15) is 0 Å². The average molecular weight is 991 g/mol. The first-order chi connectivity index (χ1) is 36.0. The van der Waals surface area contributed by atoms with Gasteiger partial charge in [0.25, 0.3) is 0 Å². The van der Waals surface area contributed by atoms with Crippen molar-refractivity contribution in [3.05, 3.63) is 239 Å². The minimum Gasteiger partial charge on any atom is -0.0654 e. The highest BCUT2D eigenvalue weighted by molar-refractivity contribution is 7.80. The van der Waals surface area contributed by atoms with Crippen molar-refractivity contribution in [1.82, 2.24) is 0 Å². The lowest BCUT2D eigenvalue weighted by molar-refractivity contribution is 0.397. The number of aryl methyl sites for hydroxylation is 2. The van der Waals surface area contributed by atoms with E-state index in [4.69, 9.17) is 0 Å². The summed E-state index contributed by atoms with van der Waals surface area (Å²) in [6, 6.07) is 73.1. The summed E-state index contributed by atoms with van der Waals surface area (Å²) < 4.78 is 0. The molecule has 0 saturated heterocycles. The van der Waals surface area contributed by atoms with Gasteiger partial charge in [0, 0.05) is 5.41 Å². The molecule has 0 fully saturated rings. The number of hydrogen-bond acceptors (Lipinski definition) is 0. The van der Waals surface area contributed by atoms with Gasteiger partial charge in [-0.15, -0.1) is 0 Å². The molecular weight excluding hydrogens is 915 g/mol. The van der Waals surface area contributed by atoms with Crippen molar-refractivity contribution >= 4 is 72.0 Å². The van der Waals surface area contributed by atoms with Gasteiger partial charge in [0.1, 0.15) is 0 Å². The lowest BCUT2D eigenvalue weighted by Gasteiger charge is -2.33. The first-order valence-corrected chi connectivity index (χ1v) is 30.3. The Morgan fingerprint density at radius 1 is 0.329 bits per heavy atom. The third-order valence-electron chi connectivity index (χ3n) is 15.3. The van der Waals surface area contributed by atoms with Crippen molar-refractivity contribution in [1.29, 1.82) is 0 Å². The van der Waals surface area contributed by atoms with Crippen molar-refractivity contribution in [3.63, 3.8) is 0 Å². The van der Waals surface area contributed by atoms with Gasteiger partial charge in [-0.25, -0.2) is 0 Å². The zero-order valence-corrected chi connectivity index (χ0v) is 45.9. The molecule has 0 bridgehead atoms. The molecule has 8 aromatic rings. The number of rotatable bonds is 24. The molecule has 0 heterocycles. The summed E-state index contributed by atoms with van der Waals surface area (Å²) in [4.78, 5) is 0. The molecule has 1 aliphatic carbocycles. The average Bonchev–Trinajstić information content (AvgIpc) is 3.67.